The van der Waals surface area contributed by atoms with Crippen LogP contribution in [0.5, 0.6) is 0 Å². The summed E-state index contributed by atoms with van der Waals surface area (Å²) in [5, 5.41) is 3.44. The Morgan fingerprint density at radius 1 is 1.00 bits per heavy atom. The Balaban J connectivity index is 1.43. The second kappa shape index (κ2) is 7.37. The molecule has 1 aromatic carbocycles. The molecule has 0 radical (unpaired) electrons. The van der Waals surface area contributed by atoms with Gasteiger partial charge in [-0.15, -0.1) is 0 Å². The molecule has 0 atom stereocenters. The largest absolute Gasteiger partial charge is 0.317 e. The first-order valence-electron chi connectivity index (χ1n) is 8.48. The van der Waals surface area contributed by atoms with Crippen molar-refractivity contribution in [1.29, 1.82) is 0 Å². The van der Waals surface area contributed by atoms with Gasteiger partial charge < -0.3 is 10.2 Å². The van der Waals surface area contributed by atoms with E-state index in [0.717, 1.165) is 17.9 Å². The van der Waals surface area contributed by atoms with Gasteiger partial charge >= 0.3 is 0 Å². The summed E-state index contributed by atoms with van der Waals surface area (Å²) in [6.45, 7) is 6.04. The third-order valence-electron chi connectivity index (χ3n) is 5.15. The molecule has 2 heterocycles. The molecular formula is C18H27FN2. The fourth-order valence-electron chi connectivity index (χ4n) is 3.78. The average Bonchev–Trinajstić information content (AvgIpc) is 2.52. The third kappa shape index (κ3) is 4.27. The summed E-state index contributed by atoms with van der Waals surface area (Å²) >= 11 is 0. The van der Waals surface area contributed by atoms with Gasteiger partial charge in [0.05, 0.1) is 0 Å². The average molecular weight is 290 g/mol. The summed E-state index contributed by atoms with van der Waals surface area (Å²) in [6, 6.07) is 7.25. The van der Waals surface area contributed by atoms with Gasteiger partial charge in [-0.3, -0.25) is 0 Å². The van der Waals surface area contributed by atoms with Crippen molar-refractivity contribution in [2.75, 3.05) is 32.7 Å². The van der Waals surface area contributed by atoms with Gasteiger partial charge in [-0.1, -0.05) is 18.2 Å². The van der Waals surface area contributed by atoms with Gasteiger partial charge in [-0.05, 0) is 81.7 Å². The van der Waals surface area contributed by atoms with E-state index in [2.05, 4.69) is 10.2 Å². The van der Waals surface area contributed by atoms with Crippen molar-refractivity contribution >= 4 is 0 Å². The van der Waals surface area contributed by atoms with Crippen LogP contribution in [-0.4, -0.2) is 37.6 Å². The predicted molar refractivity (Wildman–Crippen MR) is 84.9 cm³/mol. The van der Waals surface area contributed by atoms with Crippen molar-refractivity contribution in [3.05, 3.63) is 35.6 Å². The Morgan fingerprint density at radius 2 is 1.71 bits per heavy atom. The third-order valence-corrected chi connectivity index (χ3v) is 5.15. The highest BCUT2D eigenvalue weighted by Gasteiger charge is 2.23. The first kappa shape index (κ1) is 15.0. The van der Waals surface area contributed by atoms with Gasteiger partial charge in [0.1, 0.15) is 5.82 Å². The molecule has 0 unspecified atom stereocenters. The number of halogens is 1. The lowest BCUT2D eigenvalue weighted by Gasteiger charge is -2.35. The Labute approximate surface area is 127 Å². The van der Waals surface area contributed by atoms with E-state index < -0.39 is 0 Å². The quantitative estimate of drug-likeness (QED) is 0.917. The second-order valence-electron chi connectivity index (χ2n) is 6.73. The lowest BCUT2D eigenvalue weighted by atomic mass is 9.89. The standard InChI is InChI=1S/C18H27FN2/c19-18-4-2-1-3-17(18)13-15-7-11-21(12-8-15)14-16-5-9-20-10-6-16/h1-4,15-16,20H,5-14H2. The summed E-state index contributed by atoms with van der Waals surface area (Å²) in [7, 11) is 0. The van der Waals surface area contributed by atoms with E-state index >= 15 is 0 Å². The molecule has 0 saturated carbocycles. The van der Waals surface area contributed by atoms with Gasteiger partial charge in [0.2, 0.25) is 0 Å². The van der Waals surface area contributed by atoms with Gasteiger partial charge in [0, 0.05) is 6.54 Å². The van der Waals surface area contributed by atoms with E-state index in [4.69, 9.17) is 0 Å². The molecule has 0 bridgehead atoms. The summed E-state index contributed by atoms with van der Waals surface area (Å²) in [5.41, 5.74) is 0.898. The monoisotopic (exact) mass is 290 g/mol. The van der Waals surface area contributed by atoms with Crippen LogP contribution >= 0.6 is 0 Å². The summed E-state index contributed by atoms with van der Waals surface area (Å²) < 4.78 is 13.7. The summed E-state index contributed by atoms with van der Waals surface area (Å²) in [6.07, 6.45) is 6.01. The van der Waals surface area contributed by atoms with E-state index in [1.54, 1.807) is 12.1 Å². The van der Waals surface area contributed by atoms with Crippen LogP contribution < -0.4 is 5.32 Å². The molecule has 2 fully saturated rings. The van der Waals surface area contributed by atoms with Gasteiger partial charge in [-0.25, -0.2) is 4.39 Å². The Kier molecular flexibility index (Phi) is 5.26. The maximum Gasteiger partial charge on any atom is 0.126 e. The van der Waals surface area contributed by atoms with Crippen LogP contribution in [0.4, 0.5) is 4.39 Å². The fraction of sp³-hybridized carbons (Fsp3) is 0.667. The Bertz CT molecular complexity index is 435. The highest BCUT2D eigenvalue weighted by Crippen LogP contribution is 2.24. The minimum absolute atomic E-state index is 0.0327. The number of hydrogen-bond acceptors (Lipinski definition) is 2. The minimum atomic E-state index is -0.0327. The molecule has 1 aromatic rings. The molecule has 0 aliphatic carbocycles. The molecule has 2 aliphatic rings. The zero-order valence-corrected chi connectivity index (χ0v) is 12.9. The molecule has 2 aliphatic heterocycles. The summed E-state index contributed by atoms with van der Waals surface area (Å²) in [5.74, 6) is 1.51. The van der Waals surface area contributed by atoms with Crippen LogP contribution in [0.2, 0.25) is 0 Å². The van der Waals surface area contributed by atoms with E-state index in [1.165, 1.54) is 58.4 Å². The van der Waals surface area contributed by atoms with Crippen molar-refractivity contribution < 1.29 is 4.39 Å². The van der Waals surface area contributed by atoms with Gasteiger partial charge in [0.25, 0.3) is 0 Å². The van der Waals surface area contributed by atoms with Crippen molar-refractivity contribution in [1.82, 2.24) is 10.2 Å². The fourth-order valence-corrected chi connectivity index (χ4v) is 3.78. The molecule has 3 rings (SSSR count). The van der Waals surface area contributed by atoms with Crippen LogP contribution in [0.1, 0.15) is 31.2 Å². The van der Waals surface area contributed by atoms with Crippen molar-refractivity contribution in [3.63, 3.8) is 0 Å². The van der Waals surface area contributed by atoms with Crippen LogP contribution in [0.15, 0.2) is 24.3 Å². The first-order valence-corrected chi connectivity index (χ1v) is 8.48. The number of hydrogen-bond donors (Lipinski definition) is 1. The van der Waals surface area contributed by atoms with Crippen molar-refractivity contribution in [2.24, 2.45) is 11.8 Å². The molecule has 2 nitrogen and oxygen atoms in total. The van der Waals surface area contributed by atoms with Gasteiger partial charge in [0.15, 0.2) is 0 Å². The van der Waals surface area contributed by atoms with Crippen LogP contribution in [0.25, 0.3) is 0 Å². The smallest absolute Gasteiger partial charge is 0.126 e. The number of likely N-dealkylation sites (tertiary alicyclic amines) is 1. The van der Waals surface area contributed by atoms with Crippen molar-refractivity contribution in [3.8, 4) is 0 Å². The zero-order chi connectivity index (χ0) is 14.5. The predicted octanol–water partition coefficient (Wildman–Crippen LogP) is 3.08. The molecule has 3 heteroatoms. The minimum Gasteiger partial charge on any atom is -0.317 e. The second-order valence-corrected chi connectivity index (χ2v) is 6.73. The normalized spacial score (nSPS) is 22.5. The Hall–Kier alpha value is -0.930. The maximum absolute atomic E-state index is 13.7. The topological polar surface area (TPSA) is 15.3 Å². The number of rotatable bonds is 4. The molecule has 21 heavy (non-hydrogen) atoms. The first-order chi connectivity index (χ1) is 10.3. The highest BCUT2D eigenvalue weighted by molar-refractivity contribution is 5.17. The van der Waals surface area contributed by atoms with Crippen LogP contribution in [0, 0.1) is 17.7 Å². The number of nitrogens with zero attached hydrogens (tertiary/aromatic N) is 1. The molecule has 1 N–H and O–H groups in total. The molecule has 0 aromatic heterocycles. The van der Waals surface area contributed by atoms with E-state index in [-0.39, 0.29) is 5.82 Å². The lowest BCUT2D eigenvalue weighted by molar-refractivity contribution is 0.148. The van der Waals surface area contributed by atoms with E-state index in [1.807, 2.05) is 12.1 Å². The van der Waals surface area contributed by atoms with Crippen LogP contribution in [-0.2, 0) is 6.42 Å². The van der Waals surface area contributed by atoms with Crippen LogP contribution in [0.3, 0.4) is 0 Å². The zero-order valence-electron chi connectivity index (χ0n) is 12.9. The molecule has 0 spiro atoms. The lowest BCUT2D eigenvalue weighted by Crippen LogP contribution is -2.40. The van der Waals surface area contributed by atoms with Gasteiger partial charge in [-0.2, -0.15) is 0 Å². The number of nitrogens with one attached hydrogen (secondary N) is 1. The number of benzene rings is 1. The molecular weight excluding hydrogens is 263 g/mol. The summed E-state index contributed by atoms with van der Waals surface area (Å²) in [4.78, 5) is 2.63. The van der Waals surface area contributed by atoms with E-state index in [9.17, 15) is 4.39 Å². The molecule has 116 valence electrons. The maximum atomic E-state index is 13.7. The Morgan fingerprint density at radius 3 is 2.43 bits per heavy atom. The highest BCUT2D eigenvalue weighted by atomic mass is 19.1. The molecule has 2 saturated heterocycles. The molecule has 0 amide bonds. The SMILES string of the molecule is Fc1ccccc1CC1CCN(CC2CCNCC2)CC1. The van der Waals surface area contributed by atoms with E-state index in [0.29, 0.717) is 5.92 Å². The van der Waals surface area contributed by atoms with Crippen molar-refractivity contribution in [2.45, 2.75) is 32.1 Å². The number of piperidine rings is 2.